The van der Waals surface area contributed by atoms with Gasteiger partial charge in [-0.1, -0.05) is 30.3 Å². The lowest BCUT2D eigenvalue weighted by atomic mass is 10.0. The first-order valence-corrected chi connectivity index (χ1v) is 13.5. The molecular formula is C31H38N4O6. The van der Waals surface area contributed by atoms with E-state index in [4.69, 9.17) is 23.3 Å². The highest BCUT2D eigenvalue weighted by Crippen LogP contribution is 2.31. The van der Waals surface area contributed by atoms with E-state index in [2.05, 4.69) is 15.1 Å². The maximum absolute atomic E-state index is 12.8. The van der Waals surface area contributed by atoms with Crippen LogP contribution < -0.4 is 10.5 Å². The lowest BCUT2D eigenvalue weighted by Gasteiger charge is -2.30. The van der Waals surface area contributed by atoms with Crippen molar-refractivity contribution in [3.63, 3.8) is 0 Å². The van der Waals surface area contributed by atoms with Crippen LogP contribution in [0.5, 0.6) is 5.75 Å². The van der Waals surface area contributed by atoms with Gasteiger partial charge in [0.1, 0.15) is 17.1 Å². The fourth-order valence-corrected chi connectivity index (χ4v) is 4.43. The summed E-state index contributed by atoms with van der Waals surface area (Å²) in [6, 6.07) is 13.8. The molecule has 4 rings (SSSR count). The summed E-state index contributed by atoms with van der Waals surface area (Å²) in [7, 11) is 0. The van der Waals surface area contributed by atoms with Crippen LogP contribution in [0.15, 0.2) is 56.1 Å². The number of aromatic amines is 1. The van der Waals surface area contributed by atoms with E-state index in [1.165, 1.54) is 0 Å². The summed E-state index contributed by atoms with van der Waals surface area (Å²) in [5.74, 6) is 1.12. The molecule has 0 aliphatic heterocycles. The SMILES string of the molecule is Cc1cc(CN(Cc2n[nH]c(=O)o2)Cc2nc(-c3ccccc3)oc2C)cc(C)c1OC(C)(C)C(=O)OC(C)(C)C. The molecule has 10 nitrogen and oxygen atoms in total. The van der Waals surface area contributed by atoms with Gasteiger partial charge in [0.05, 0.1) is 12.2 Å². The van der Waals surface area contributed by atoms with Crippen LogP contribution >= 0.6 is 0 Å². The number of hydrogen-bond donors (Lipinski definition) is 1. The Balaban J connectivity index is 1.57. The number of carbonyl (C=O) groups is 1. The Morgan fingerprint density at radius 2 is 1.61 bits per heavy atom. The molecule has 41 heavy (non-hydrogen) atoms. The molecule has 0 spiro atoms. The molecule has 0 amide bonds. The van der Waals surface area contributed by atoms with Crippen molar-refractivity contribution in [1.29, 1.82) is 0 Å². The lowest BCUT2D eigenvalue weighted by molar-refractivity contribution is -0.171. The standard InChI is InChI=1S/C31H38N4O6/c1-19-14-22(15-20(2)26(19)40-31(7,8)28(36)41-30(4,5)6)16-35(18-25-33-34-29(37)39-25)17-24-21(3)38-27(32-24)23-12-10-9-11-13-23/h9-15H,16-18H2,1-8H3,(H,34,37). The summed E-state index contributed by atoms with van der Waals surface area (Å²) in [5.41, 5.74) is 2.64. The van der Waals surface area contributed by atoms with Crippen molar-refractivity contribution in [1.82, 2.24) is 20.1 Å². The molecule has 4 aromatic rings. The van der Waals surface area contributed by atoms with Crippen LogP contribution in [0.1, 0.15) is 68.7 Å². The van der Waals surface area contributed by atoms with Crippen molar-refractivity contribution >= 4 is 5.97 Å². The van der Waals surface area contributed by atoms with Crippen LogP contribution in [-0.2, 0) is 29.2 Å². The van der Waals surface area contributed by atoms with Gasteiger partial charge in [-0.3, -0.25) is 4.90 Å². The molecular weight excluding hydrogens is 524 g/mol. The summed E-state index contributed by atoms with van der Waals surface area (Å²) >= 11 is 0. The smallest absolute Gasteiger partial charge is 0.434 e. The van der Waals surface area contributed by atoms with Crippen molar-refractivity contribution in [3.8, 4) is 17.2 Å². The number of nitrogens with zero attached hydrogens (tertiary/aromatic N) is 3. The molecule has 0 saturated heterocycles. The molecule has 2 aromatic carbocycles. The Kier molecular flexibility index (Phi) is 8.53. The van der Waals surface area contributed by atoms with Crippen LogP contribution in [0.3, 0.4) is 0 Å². The first-order valence-electron chi connectivity index (χ1n) is 13.5. The van der Waals surface area contributed by atoms with E-state index in [-0.39, 0.29) is 12.4 Å². The number of H-pyrrole nitrogens is 1. The molecule has 1 N–H and O–H groups in total. The number of carbonyl (C=O) groups excluding carboxylic acids is 1. The Bertz CT molecular complexity index is 1540. The summed E-state index contributed by atoms with van der Waals surface area (Å²) in [6.45, 7) is 15.9. The van der Waals surface area contributed by atoms with Gasteiger partial charge in [0.25, 0.3) is 0 Å². The zero-order chi connectivity index (χ0) is 29.9. The average Bonchev–Trinajstić information content (AvgIpc) is 3.45. The first-order chi connectivity index (χ1) is 19.2. The maximum atomic E-state index is 12.8. The minimum absolute atomic E-state index is 0.270. The maximum Gasteiger partial charge on any atom is 0.434 e. The molecule has 0 bridgehead atoms. The van der Waals surface area contributed by atoms with Crippen LogP contribution in [-0.4, -0.2) is 37.3 Å². The average molecular weight is 563 g/mol. The summed E-state index contributed by atoms with van der Waals surface area (Å²) < 4.78 is 22.9. The highest BCUT2D eigenvalue weighted by molar-refractivity contribution is 5.79. The molecule has 2 heterocycles. The monoisotopic (exact) mass is 562 g/mol. The molecule has 218 valence electrons. The van der Waals surface area contributed by atoms with Crippen molar-refractivity contribution in [3.05, 3.63) is 87.1 Å². The van der Waals surface area contributed by atoms with Crippen molar-refractivity contribution in [2.24, 2.45) is 0 Å². The van der Waals surface area contributed by atoms with E-state index in [9.17, 15) is 9.59 Å². The summed E-state index contributed by atoms with van der Waals surface area (Å²) in [4.78, 5) is 31.2. The number of ether oxygens (including phenoxy) is 2. The first kappa shape index (κ1) is 29.8. The second-order valence-corrected chi connectivity index (χ2v) is 11.7. The zero-order valence-corrected chi connectivity index (χ0v) is 25.0. The van der Waals surface area contributed by atoms with E-state index in [1.54, 1.807) is 13.8 Å². The van der Waals surface area contributed by atoms with Crippen molar-refractivity contribution < 1.29 is 23.1 Å². The minimum Gasteiger partial charge on any atom is -0.476 e. The lowest BCUT2D eigenvalue weighted by Crippen LogP contribution is -2.43. The van der Waals surface area contributed by atoms with Crippen LogP contribution in [0.4, 0.5) is 0 Å². The minimum atomic E-state index is -1.17. The Labute approximate surface area is 239 Å². The van der Waals surface area contributed by atoms with Gasteiger partial charge < -0.3 is 18.3 Å². The predicted octanol–water partition coefficient (Wildman–Crippen LogP) is 5.64. The molecule has 0 radical (unpaired) electrons. The van der Waals surface area contributed by atoms with E-state index in [0.29, 0.717) is 30.5 Å². The highest BCUT2D eigenvalue weighted by atomic mass is 16.6. The third-order valence-electron chi connectivity index (χ3n) is 6.30. The molecule has 0 unspecified atom stereocenters. The summed E-state index contributed by atoms with van der Waals surface area (Å²) in [6.07, 6.45) is 0. The van der Waals surface area contributed by atoms with Gasteiger partial charge in [0.2, 0.25) is 11.8 Å². The molecule has 0 atom stereocenters. The Hall–Kier alpha value is -4.18. The third kappa shape index (κ3) is 7.73. The number of benzene rings is 2. The number of rotatable bonds is 10. The zero-order valence-electron chi connectivity index (χ0n) is 25.0. The number of hydrogen-bond acceptors (Lipinski definition) is 9. The normalized spacial score (nSPS) is 12.1. The fraction of sp³-hybridized carbons (Fsp3) is 0.419. The number of esters is 1. The number of oxazole rings is 1. The van der Waals surface area contributed by atoms with Gasteiger partial charge in [-0.25, -0.2) is 19.7 Å². The fourth-order valence-electron chi connectivity index (χ4n) is 4.43. The topological polar surface area (TPSA) is 124 Å². The van der Waals surface area contributed by atoms with E-state index < -0.39 is 22.9 Å². The van der Waals surface area contributed by atoms with Crippen LogP contribution in [0, 0.1) is 20.8 Å². The van der Waals surface area contributed by atoms with Gasteiger partial charge in [-0.2, -0.15) is 0 Å². The van der Waals surface area contributed by atoms with Gasteiger partial charge in [-0.15, -0.1) is 5.10 Å². The van der Waals surface area contributed by atoms with Gasteiger partial charge in [0.15, 0.2) is 5.60 Å². The van der Waals surface area contributed by atoms with Crippen molar-refractivity contribution in [2.75, 3.05) is 0 Å². The molecule has 0 aliphatic carbocycles. The molecule has 0 saturated carbocycles. The van der Waals surface area contributed by atoms with E-state index in [1.807, 2.05) is 84.0 Å². The number of aromatic nitrogens is 3. The van der Waals surface area contributed by atoms with Crippen LogP contribution in [0.2, 0.25) is 0 Å². The highest BCUT2D eigenvalue weighted by Gasteiger charge is 2.35. The van der Waals surface area contributed by atoms with E-state index in [0.717, 1.165) is 27.9 Å². The Morgan fingerprint density at radius 1 is 0.951 bits per heavy atom. The second-order valence-electron chi connectivity index (χ2n) is 11.7. The third-order valence-corrected chi connectivity index (χ3v) is 6.30. The van der Waals surface area contributed by atoms with Gasteiger partial charge in [-0.05, 0) is 84.2 Å². The number of nitrogens with one attached hydrogen (secondary N) is 1. The molecule has 2 aromatic heterocycles. The second kappa shape index (κ2) is 11.7. The quantitative estimate of drug-likeness (QED) is 0.244. The molecule has 0 fully saturated rings. The Morgan fingerprint density at radius 3 is 2.20 bits per heavy atom. The van der Waals surface area contributed by atoms with Crippen LogP contribution in [0.25, 0.3) is 11.5 Å². The van der Waals surface area contributed by atoms with Gasteiger partial charge >= 0.3 is 11.7 Å². The van der Waals surface area contributed by atoms with E-state index >= 15 is 0 Å². The molecule has 10 heteroatoms. The predicted molar refractivity (Wildman–Crippen MR) is 153 cm³/mol. The largest absolute Gasteiger partial charge is 0.476 e. The summed E-state index contributed by atoms with van der Waals surface area (Å²) in [5, 5.41) is 6.31. The van der Waals surface area contributed by atoms with Crippen molar-refractivity contribution in [2.45, 2.75) is 86.2 Å². The number of aryl methyl sites for hydroxylation is 3. The van der Waals surface area contributed by atoms with Gasteiger partial charge in [0, 0.05) is 18.7 Å². The molecule has 0 aliphatic rings.